The number of hydrogen-bond acceptors (Lipinski definition) is 4. The van der Waals surface area contributed by atoms with Gasteiger partial charge in [0, 0.05) is 12.6 Å². The van der Waals surface area contributed by atoms with E-state index in [1.165, 1.54) is 7.05 Å². The van der Waals surface area contributed by atoms with E-state index in [-0.39, 0.29) is 24.1 Å². The van der Waals surface area contributed by atoms with Gasteiger partial charge in [0.15, 0.2) is 0 Å². The fourth-order valence-electron chi connectivity index (χ4n) is 2.10. The van der Waals surface area contributed by atoms with Crippen LogP contribution in [0.3, 0.4) is 0 Å². The highest BCUT2D eigenvalue weighted by molar-refractivity contribution is 6.07. The van der Waals surface area contributed by atoms with E-state index < -0.39 is 6.04 Å². The lowest BCUT2D eigenvalue weighted by atomic mass is 10.1. The molecule has 20 heavy (non-hydrogen) atoms. The van der Waals surface area contributed by atoms with E-state index in [0.29, 0.717) is 12.1 Å². The third-order valence-corrected chi connectivity index (χ3v) is 3.34. The molecule has 1 saturated heterocycles. The van der Waals surface area contributed by atoms with E-state index >= 15 is 0 Å². The van der Waals surface area contributed by atoms with Gasteiger partial charge in [-0.1, -0.05) is 12.1 Å². The molecular weight excluding hydrogens is 258 g/mol. The molecule has 0 saturated carbocycles. The lowest BCUT2D eigenvalue weighted by Gasteiger charge is -2.11. The first-order valence-electron chi connectivity index (χ1n) is 6.43. The van der Waals surface area contributed by atoms with Gasteiger partial charge >= 0.3 is 0 Å². The Morgan fingerprint density at radius 1 is 1.35 bits per heavy atom. The first-order chi connectivity index (χ1) is 9.52. The molecule has 1 unspecified atom stereocenters. The van der Waals surface area contributed by atoms with Crippen LogP contribution >= 0.6 is 0 Å². The second kappa shape index (κ2) is 5.83. The maximum Gasteiger partial charge on any atom is 0.252 e. The van der Waals surface area contributed by atoms with Gasteiger partial charge in [-0.2, -0.15) is 0 Å². The minimum absolute atomic E-state index is 0.0202. The summed E-state index contributed by atoms with van der Waals surface area (Å²) < 4.78 is 0. The van der Waals surface area contributed by atoms with Crippen molar-refractivity contribution in [3.8, 4) is 0 Å². The summed E-state index contributed by atoms with van der Waals surface area (Å²) in [6, 6.07) is 6.27. The number of carbonyl (C=O) groups is 3. The second-order valence-corrected chi connectivity index (χ2v) is 4.76. The molecule has 1 fully saturated rings. The monoisotopic (exact) mass is 275 g/mol. The Kier molecular flexibility index (Phi) is 4.14. The molecule has 0 spiro atoms. The third kappa shape index (κ3) is 2.85. The average Bonchev–Trinajstić information content (AvgIpc) is 2.67. The molecule has 1 atom stereocenters. The van der Waals surface area contributed by atoms with Crippen molar-refractivity contribution in [2.24, 2.45) is 5.73 Å². The maximum absolute atomic E-state index is 12.0. The van der Waals surface area contributed by atoms with Gasteiger partial charge < -0.3 is 11.1 Å². The standard InChI is InChI=1S/C14H17N3O3/c1-17-12(18)8-11(14(17)20)16-13(19)10-4-2-9(3-5-10)6-7-15/h2-5,11H,6-8,15H2,1H3,(H,16,19). The van der Waals surface area contributed by atoms with Gasteiger partial charge in [-0.05, 0) is 30.7 Å². The number of nitrogens with zero attached hydrogens (tertiary/aromatic N) is 1. The zero-order valence-corrected chi connectivity index (χ0v) is 11.3. The number of nitrogens with one attached hydrogen (secondary N) is 1. The SMILES string of the molecule is CN1C(=O)CC(NC(=O)c2ccc(CCN)cc2)C1=O. The maximum atomic E-state index is 12.0. The van der Waals surface area contributed by atoms with E-state index in [9.17, 15) is 14.4 Å². The zero-order valence-electron chi connectivity index (χ0n) is 11.3. The number of nitrogens with two attached hydrogens (primary N) is 1. The largest absolute Gasteiger partial charge is 0.340 e. The minimum atomic E-state index is -0.760. The van der Waals surface area contributed by atoms with E-state index in [1.54, 1.807) is 12.1 Å². The highest BCUT2D eigenvalue weighted by atomic mass is 16.2. The molecule has 3 N–H and O–H groups in total. The molecule has 6 nitrogen and oxygen atoms in total. The summed E-state index contributed by atoms with van der Waals surface area (Å²) >= 11 is 0. The van der Waals surface area contributed by atoms with Crippen LogP contribution in [0.1, 0.15) is 22.3 Å². The first kappa shape index (κ1) is 14.2. The summed E-state index contributed by atoms with van der Waals surface area (Å²) in [5, 5.41) is 2.58. The van der Waals surface area contributed by atoms with Gasteiger partial charge in [0.1, 0.15) is 6.04 Å². The average molecular weight is 275 g/mol. The molecule has 6 heteroatoms. The van der Waals surface area contributed by atoms with Crippen LogP contribution in [0.2, 0.25) is 0 Å². The van der Waals surface area contributed by atoms with Crippen LogP contribution in [0, 0.1) is 0 Å². The van der Waals surface area contributed by atoms with Crippen molar-refractivity contribution in [1.29, 1.82) is 0 Å². The molecule has 1 heterocycles. The Labute approximate surface area is 116 Å². The van der Waals surface area contributed by atoms with Crippen LogP contribution in [-0.2, 0) is 16.0 Å². The summed E-state index contributed by atoms with van der Waals surface area (Å²) in [5.74, 6) is -1.01. The Bertz CT molecular complexity index is 539. The van der Waals surface area contributed by atoms with Gasteiger partial charge in [0.25, 0.3) is 11.8 Å². The van der Waals surface area contributed by atoms with Gasteiger partial charge in [0.2, 0.25) is 5.91 Å². The van der Waals surface area contributed by atoms with Crippen molar-refractivity contribution in [3.63, 3.8) is 0 Å². The quantitative estimate of drug-likeness (QED) is 0.736. The fourth-order valence-corrected chi connectivity index (χ4v) is 2.10. The Morgan fingerprint density at radius 2 is 2.00 bits per heavy atom. The van der Waals surface area contributed by atoms with Gasteiger partial charge in [-0.15, -0.1) is 0 Å². The fraction of sp³-hybridized carbons (Fsp3) is 0.357. The van der Waals surface area contributed by atoms with Gasteiger partial charge in [0.05, 0.1) is 6.42 Å². The number of carbonyl (C=O) groups excluding carboxylic acids is 3. The second-order valence-electron chi connectivity index (χ2n) is 4.76. The lowest BCUT2D eigenvalue weighted by Crippen LogP contribution is -2.40. The minimum Gasteiger partial charge on any atom is -0.340 e. The van der Waals surface area contributed by atoms with Crippen molar-refractivity contribution in [2.75, 3.05) is 13.6 Å². The van der Waals surface area contributed by atoms with Crippen molar-refractivity contribution in [2.45, 2.75) is 18.9 Å². The number of hydrogen-bond donors (Lipinski definition) is 2. The molecule has 1 aromatic rings. The summed E-state index contributed by atoms with van der Waals surface area (Å²) in [6.45, 7) is 0.552. The molecule has 106 valence electrons. The van der Waals surface area contributed by atoms with Crippen LogP contribution in [0.4, 0.5) is 0 Å². The highest BCUT2D eigenvalue weighted by Gasteiger charge is 2.36. The number of rotatable bonds is 4. The zero-order chi connectivity index (χ0) is 14.7. The molecule has 3 amide bonds. The predicted octanol–water partition coefficient (Wildman–Crippen LogP) is -0.325. The summed E-state index contributed by atoms with van der Waals surface area (Å²) in [5.41, 5.74) is 6.97. The normalized spacial score (nSPS) is 18.5. The molecule has 0 aliphatic carbocycles. The number of likely N-dealkylation sites (tertiary alicyclic amines) is 1. The van der Waals surface area contributed by atoms with Crippen molar-refractivity contribution >= 4 is 17.7 Å². The van der Waals surface area contributed by atoms with Gasteiger partial charge in [-0.3, -0.25) is 19.3 Å². The third-order valence-electron chi connectivity index (χ3n) is 3.34. The van der Waals surface area contributed by atoms with E-state index in [0.717, 1.165) is 16.9 Å². The van der Waals surface area contributed by atoms with Crippen LogP contribution in [0.15, 0.2) is 24.3 Å². The van der Waals surface area contributed by atoms with Crippen LogP contribution in [-0.4, -0.2) is 42.3 Å². The molecular formula is C14H17N3O3. The molecule has 0 aromatic heterocycles. The molecule has 1 aromatic carbocycles. The Hall–Kier alpha value is -2.21. The van der Waals surface area contributed by atoms with Crippen LogP contribution < -0.4 is 11.1 Å². The lowest BCUT2D eigenvalue weighted by molar-refractivity contribution is -0.137. The summed E-state index contributed by atoms with van der Waals surface area (Å²) in [6.07, 6.45) is 0.772. The van der Waals surface area contributed by atoms with Crippen molar-refractivity contribution in [3.05, 3.63) is 35.4 Å². The summed E-state index contributed by atoms with van der Waals surface area (Å²) in [4.78, 5) is 36.1. The molecule has 2 rings (SSSR count). The molecule has 0 radical (unpaired) electrons. The number of benzene rings is 1. The number of imide groups is 1. The Balaban J connectivity index is 2.02. The number of likely N-dealkylation sites (N-methyl/N-ethyl adjacent to an activating group) is 1. The first-order valence-corrected chi connectivity index (χ1v) is 6.43. The van der Waals surface area contributed by atoms with Gasteiger partial charge in [-0.25, -0.2) is 0 Å². The van der Waals surface area contributed by atoms with Crippen molar-refractivity contribution in [1.82, 2.24) is 10.2 Å². The molecule has 1 aliphatic rings. The van der Waals surface area contributed by atoms with Crippen LogP contribution in [0.25, 0.3) is 0 Å². The van der Waals surface area contributed by atoms with Crippen LogP contribution in [0.5, 0.6) is 0 Å². The number of amides is 3. The molecule has 1 aliphatic heterocycles. The van der Waals surface area contributed by atoms with E-state index in [1.807, 2.05) is 12.1 Å². The van der Waals surface area contributed by atoms with E-state index in [4.69, 9.17) is 5.73 Å². The molecule has 0 bridgehead atoms. The smallest absolute Gasteiger partial charge is 0.252 e. The highest BCUT2D eigenvalue weighted by Crippen LogP contribution is 2.12. The van der Waals surface area contributed by atoms with Crippen molar-refractivity contribution < 1.29 is 14.4 Å². The predicted molar refractivity (Wildman–Crippen MR) is 72.8 cm³/mol. The Morgan fingerprint density at radius 3 is 2.50 bits per heavy atom. The topological polar surface area (TPSA) is 92.5 Å². The van der Waals surface area contributed by atoms with E-state index in [2.05, 4.69) is 5.32 Å². The summed E-state index contributed by atoms with van der Waals surface area (Å²) in [7, 11) is 1.42.